The molecular weight excluding hydrogens is 292 g/mol. The highest BCUT2D eigenvalue weighted by atomic mass is 16.5. The minimum atomic E-state index is -0.500. The van der Waals surface area contributed by atoms with Gasteiger partial charge in [-0.2, -0.15) is 0 Å². The van der Waals surface area contributed by atoms with E-state index in [0.717, 1.165) is 35.5 Å². The highest BCUT2D eigenvalue weighted by molar-refractivity contribution is 5.77. The van der Waals surface area contributed by atoms with Crippen LogP contribution in [-0.4, -0.2) is 23.3 Å². The molecule has 1 heterocycles. The number of ether oxygens (including phenoxy) is 1. The third-order valence-corrected chi connectivity index (χ3v) is 3.68. The Morgan fingerprint density at radius 2 is 1.70 bits per heavy atom. The molecule has 5 nitrogen and oxygen atoms in total. The number of rotatable bonds is 3. The van der Waals surface area contributed by atoms with E-state index < -0.39 is 5.60 Å². The second kappa shape index (κ2) is 7.79. The minimum absolute atomic E-state index is 0.211. The molecule has 5 heteroatoms. The molecule has 4 N–H and O–H groups in total. The van der Waals surface area contributed by atoms with Gasteiger partial charge in [0, 0.05) is 18.8 Å². The largest absolute Gasteiger partial charge is 0.466 e. The number of fused-ring (bicyclic) bond motifs is 1. The summed E-state index contributed by atoms with van der Waals surface area (Å²) in [7, 11) is 0. The van der Waals surface area contributed by atoms with E-state index in [2.05, 4.69) is 5.32 Å². The molecule has 0 saturated heterocycles. The van der Waals surface area contributed by atoms with Gasteiger partial charge in [0.15, 0.2) is 0 Å². The van der Waals surface area contributed by atoms with Crippen molar-refractivity contribution in [3.8, 4) is 0 Å². The van der Waals surface area contributed by atoms with Gasteiger partial charge in [-0.3, -0.25) is 4.79 Å². The van der Waals surface area contributed by atoms with Gasteiger partial charge in [-0.05, 0) is 69.4 Å². The second-order valence-electron chi connectivity index (χ2n) is 6.86. The third kappa shape index (κ3) is 5.52. The molecule has 0 fully saturated rings. The van der Waals surface area contributed by atoms with Crippen LogP contribution in [0.3, 0.4) is 0 Å². The molecule has 0 unspecified atom stereocenters. The summed E-state index contributed by atoms with van der Waals surface area (Å²) in [6.07, 6.45) is 0.264. The fourth-order valence-corrected chi connectivity index (χ4v) is 2.60. The molecule has 1 aliphatic rings. The monoisotopic (exact) mass is 322 g/mol. The first-order chi connectivity index (χ1) is 10.6. The zero-order chi connectivity index (χ0) is 17.8. The molecule has 1 aromatic rings. The molecule has 130 valence electrons. The van der Waals surface area contributed by atoms with E-state index in [4.69, 9.17) is 15.6 Å². The number of carbonyl (C=O) groups excluding carboxylic acids is 1. The predicted molar refractivity (Wildman–Crippen MR) is 93.2 cm³/mol. The van der Waals surface area contributed by atoms with Crippen molar-refractivity contribution in [1.82, 2.24) is 5.32 Å². The summed E-state index contributed by atoms with van der Waals surface area (Å²) in [5, 5.41) is 11.9. The number of benzene rings is 1. The number of hydrogen-bond donors (Lipinski definition) is 3. The maximum atomic E-state index is 11.6. The molecule has 0 radical (unpaired) electrons. The quantitative estimate of drug-likeness (QED) is 0.588. The summed E-state index contributed by atoms with van der Waals surface area (Å²) in [6, 6.07) is 0. The van der Waals surface area contributed by atoms with E-state index in [9.17, 15) is 4.79 Å². The molecule has 2 rings (SSSR count). The van der Waals surface area contributed by atoms with Crippen molar-refractivity contribution in [1.29, 1.82) is 0 Å². The molecule has 0 amide bonds. The van der Waals surface area contributed by atoms with E-state index in [1.807, 2.05) is 20.8 Å². The highest BCUT2D eigenvalue weighted by Crippen LogP contribution is 2.32. The number of esters is 1. The maximum Gasteiger partial charge on any atom is 0.310 e. The number of hydrogen-bond acceptors (Lipinski definition) is 5. The van der Waals surface area contributed by atoms with Crippen LogP contribution in [-0.2, 0) is 29.0 Å². The second-order valence-corrected chi connectivity index (χ2v) is 6.86. The van der Waals surface area contributed by atoms with E-state index in [0.29, 0.717) is 6.61 Å². The average Bonchev–Trinajstić information content (AvgIpc) is 2.89. The number of aliphatic hydroxyl groups is 1. The van der Waals surface area contributed by atoms with E-state index >= 15 is 0 Å². The summed E-state index contributed by atoms with van der Waals surface area (Å²) in [6.45, 7) is 13.2. The van der Waals surface area contributed by atoms with Gasteiger partial charge in [0.2, 0.25) is 0 Å². The Morgan fingerprint density at radius 1 is 1.22 bits per heavy atom. The predicted octanol–water partition coefficient (Wildman–Crippen LogP) is 2.37. The van der Waals surface area contributed by atoms with Gasteiger partial charge in [-0.25, -0.2) is 0 Å². The third-order valence-electron chi connectivity index (χ3n) is 3.68. The van der Waals surface area contributed by atoms with Crippen LogP contribution < -0.4 is 11.1 Å². The molecule has 0 bridgehead atoms. The number of nitrogens with one attached hydrogen (secondary N) is 1. The van der Waals surface area contributed by atoms with Crippen molar-refractivity contribution in [2.24, 2.45) is 0 Å². The van der Waals surface area contributed by atoms with Crippen LogP contribution in [0.2, 0.25) is 0 Å². The normalized spacial score (nSPS) is 13.2. The van der Waals surface area contributed by atoms with Crippen LogP contribution in [0, 0.1) is 13.8 Å². The Kier molecular flexibility index (Phi) is 6.59. The molecule has 0 aliphatic carbocycles. The van der Waals surface area contributed by atoms with Crippen molar-refractivity contribution in [3.63, 3.8) is 0 Å². The average molecular weight is 322 g/mol. The topological polar surface area (TPSA) is 84.6 Å². The Bertz CT molecular complexity index is 569. The van der Waals surface area contributed by atoms with Gasteiger partial charge in [0.25, 0.3) is 0 Å². The summed E-state index contributed by atoms with van der Waals surface area (Å²) < 4.78 is 5.00. The lowest BCUT2D eigenvalue weighted by Crippen LogP contribution is -2.13. The maximum absolute atomic E-state index is 11.6. The Hall–Kier alpha value is -1.59. The van der Waals surface area contributed by atoms with Crippen LogP contribution in [0.15, 0.2) is 0 Å². The van der Waals surface area contributed by atoms with Crippen molar-refractivity contribution in [2.75, 3.05) is 12.3 Å². The Labute approximate surface area is 139 Å². The summed E-state index contributed by atoms with van der Waals surface area (Å²) in [4.78, 5) is 11.6. The molecule has 0 saturated carbocycles. The van der Waals surface area contributed by atoms with Gasteiger partial charge in [-0.1, -0.05) is 0 Å². The molecule has 0 spiro atoms. The van der Waals surface area contributed by atoms with Crippen LogP contribution in [0.1, 0.15) is 55.5 Å². The fraction of sp³-hybridized carbons (Fsp3) is 0.611. The first-order valence-electron chi connectivity index (χ1n) is 8.04. The Balaban J connectivity index is 0.000000463. The number of anilines is 1. The smallest absolute Gasteiger partial charge is 0.310 e. The van der Waals surface area contributed by atoms with Crippen LogP contribution in [0.5, 0.6) is 0 Å². The minimum Gasteiger partial charge on any atom is -0.466 e. The lowest BCUT2D eigenvalue weighted by Gasteiger charge is -2.17. The van der Waals surface area contributed by atoms with Gasteiger partial charge < -0.3 is 20.9 Å². The molecule has 0 aromatic heterocycles. The van der Waals surface area contributed by atoms with Gasteiger partial charge in [-0.15, -0.1) is 0 Å². The molecule has 1 aromatic carbocycles. The zero-order valence-corrected chi connectivity index (χ0v) is 15.2. The van der Waals surface area contributed by atoms with Crippen molar-refractivity contribution >= 4 is 11.7 Å². The number of nitrogen functional groups attached to an aromatic ring is 1. The molecule has 1 aliphatic heterocycles. The first-order valence-corrected chi connectivity index (χ1v) is 8.04. The van der Waals surface area contributed by atoms with Gasteiger partial charge >= 0.3 is 5.97 Å². The van der Waals surface area contributed by atoms with E-state index in [1.54, 1.807) is 20.8 Å². The van der Waals surface area contributed by atoms with Gasteiger partial charge in [0.05, 0.1) is 18.6 Å². The summed E-state index contributed by atoms with van der Waals surface area (Å²) in [5.74, 6) is -0.211. The van der Waals surface area contributed by atoms with Crippen LogP contribution >= 0.6 is 0 Å². The lowest BCUT2D eigenvalue weighted by molar-refractivity contribution is -0.142. The zero-order valence-electron chi connectivity index (χ0n) is 15.2. The summed E-state index contributed by atoms with van der Waals surface area (Å²) >= 11 is 0. The first kappa shape index (κ1) is 19.5. The van der Waals surface area contributed by atoms with Crippen molar-refractivity contribution in [3.05, 3.63) is 27.8 Å². The standard InChI is InChI=1S/C14H20N2O2.C4H10O/c1-4-18-13(17)5-10-8(2)11-6-16-7-12(11)9(3)14(10)15;1-4(2,3)5/h16H,4-7,15H2,1-3H3;5H,1-3H3. The number of nitrogens with two attached hydrogens (primary N) is 1. The Morgan fingerprint density at radius 3 is 2.17 bits per heavy atom. The number of carbonyl (C=O) groups is 1. The van der Waals surface area contributed by atoms with Crippen molar-refractivity contribution in [2.45, 2.75) is 66.7 Å². The molecular formula is C18H30N2O3. The van der Waals surface area contributed by atoms with Crippen molar-refractivity contribution < 1.29 is 14.6 Å². The van der Waals surface area contributed by atoms with Crippen LogP contribution in [0.4, 0.5) is 5.69 Å². The van der Waals surface area contributed by atoms with Crippen LogP contribution in [0.25, 0.3) is 0 Å². The SMILES string of the molecule is CC(C)(C)O.CCOC(=O)Cc1c(C)c2c(c(C)c1N)CNC2. The van der Waals surface area contributed by atoms with E-state index in [-0.39, 0.29) is 12.4 Å². The molecule has 23 heavy (non-hydrogen) atoms. The van der Waals surface area contributed by atoms with E-state index in [1.165, 1.54) is 11.1 Å². The highest BCUT2D eigenvalue weighted by Gasteiger charge is 2.22. The van der Waals surface area contributed by atoms with Gasteiger partial charge in [0.1, 0.15) is 0 Å². The fourth-order valence-electron chi connectivity index (χ4n) is 2.60. The lowest BCUT2D eigenvalue weighted by atomic mass is 9.91. The summed E-state index contributed by atoms with van der Waals surface area (Å²) in [5.41, 5.74) is 12.1. The molecule has 0 atom stereocenters.